The number of aryl methyl sites for hydroxylation is 4. The van der Waals surface area contributed by atoms with Gasteiger partial charge in [0.1, 0.15) is 11.2 Å². The zero-order chi connectivity index (χ0) is 28.3. The van der Waals surface area contributed by atoms with Crippen LogP contribution in [0.15, 0.2) is 52.0 Å². The van der Waals surface area contributed by atoms with Gasteiger partial charge in [-0.3, -0.25) is 13.9 Å². The molecule has 1 aromatic heterocycles. The monoisotopic (exact) mass is 532 g/mol. The highest BCUT2D eigenvalue weighted by molar-refractivity contribution is 5.92. The standard InChI is InChI=1S/C29H36N6O4/c1-6-39-25-13-20-7-9-34-23(21(20)14-24(25)38-5)15-26(33-27-18(3)11-17(2)12-19(27)4)35(29(34)37)10-8-32-28(36)22(31)16-30/h11-16H,6-10,30-31H2,1-5H3,(H,32,36)/b22-16-,33-26+. The van der Waals surface area contributed by atoms with Gasteiger partial charge < -0.3 is 26.3 Å². The fraction of sp³-hybridized carbons (Fsp3) is 0.345. The first-order valence-electron chi connectivity index (χ1n) is 12.9. The number of nitrogens with two attached hydrogens (primary N) is 2. The van der Waals surface area contributed by atoms with E-state index < -0.39 is 5.91 Å². The summed E-state index contributed by atoms with van der Waals surface area (Å²) in [6.45, 7) is 9.37. The molecule has 4 rings (SSSR count). The summed E-state index contributed by atoms with van der Waals surface area (Å²) in [5.74, 6) is 0.786. The molecule has 10 nitrogen and oxygen atoms in total. The predicted molar refractivity (Wildman–Crippen MR) is 151 cm³/mol. The Morgan fingerprint density at radius 1 is 1.13 bits per heavy atom. The van der Waals surface area contributed by atoms with E-state index in [1.165, 1.54) is 0 Å². The van der Waals surface area contributed by atoms with Crippen LogP contribution in [-0.2, 0) is 24.3 Å². The molecule has 3 aromatic rings. The Morgan fingerprint density at radius 2 is 1.85 bits per heavy atom. The molecule has 2 heterocycles. The van der Waals surface area contributed by atoms with Gasteiger partial charge in [-0.15, -0.1) is 0 Å². The maximum Gasteiger partial charge on any atom is 0.330 e. The van der Waals surface area contributed by atoms with E-state index in [2.05, 4.69) is 17.4 Å². The van der Waals surface area contributed by atoms with Gasteiger partial charge in [-0.2, -0.15) is 0 Å². The Labute approximate surface area is 227 Å². The van der Waals surface area contributed by atoms with Gasteiger partial charge in [-0.25, -0.2) is 9.79 Å². The van der Waals surface area contributed by atoms with Gasteiger partial charge in [0.05, 0.1) is 25.1 Å². The molecule has 39 heavy (non-hydrogen) atoms. The molecular weight excluding hydrogens is 496 g/mol. The Bertz CT molecular complexity index is 1560. The lowest BCUT2D eigenvalue weighted by atomic mass is 9.97. The average molecular weight is 533 g/mol. The van der Waals surface area contributed by atoms with Crippen molar-refractivity contribution in [2.24, 2.45) is 16.5 Å². The summed E-state index contributed by atoms with van der Waals surface area (Å²) in [7, 11) is 1.60. The molecule has 0 spiro atoms. The molecule has 206 valence electrons. The third-order valence-electron chi connectivity index (χ3n) is 6.79. The quantitative estimate of drug-likeness (QED) is 0.381. The molecule has 0 fully saturated rings. The molecule has 0 atom stereocenters. The van der Waals surface area contributed by atoms with E-state index in [1.54, 1.807) is 16.2 Å². The van der Waals surface area contributed by atoms with Crippen LogP contribution >= 0.6 is 0 Å². The topological polar surface area (TPSA) is 139 Å². The third-order valence-corrected chi connectivity index (χ3v) is 6.79. The first-order chi connectivity index (χ1) is 18.7. The average Bonchev–Trinajstić information content (AvgIpc) is 2.91. The van der Waals surface area contributed by atoms with Crippen molar-refractivity contribution in [1.82, 2.24) is 14.5 Å². The molecular formula is C29H36N6O4. The number of carbonyl (C=O) groups excluding carboxylic acids is 1. The van der Waals surface area contributed by atoms with Crippen LogP contribution in [0.5, 0.6) is 11.5 Å². The van der Waals surface area contributed by atoms with Crippen LogP contribution in [0.2, 0.25) is 0 Å². The second-order valence-corrected chi connectivity index (χ2v) is 9.55. The second-order valence-electron chi connectivity index (χ2n) is 9.55. The highest BCUT2D eigenvalue weighted by Crippen LogP contribution is 2.37. The number of hydrogen-bond acceptors (Lipinski definition) is 7. The van der Waals surface area contributed by atoms with E-state index in [-0.39, 0.29) is 24.5 Å². The van der Waals surface area contributed by atoms with Crippen LogP contribution in [0.1, 0.15) is 29.2 Å². The van der Waals surface area contributed by atoms with Crippen molar-refractivity contribution in [2.45, 2.75) is 47.2 Å². The van der Waals surface area contributed by atoms with Crippen molar-refractivity contribution in [3.8, 4) is 22.8 Å². The number of aromatic nitrogens is 2. The largest absolute Gasteiger partial charge is 0.493 e. The highest BCUT2D eigenvalue weighted by Gasteiger charge is 2.22. The van der Waals surface area contributed by atoms with Gasteiger partial charge in [0.15, 0.2) is 11.5 Å². The van der Waals surface area contributed by atoms with Crippen LogP contribution in [0, 0.1) is 20.8 Å². The van der Waals surface area contributed by atoms with Crippen molar-refractivity contribution in [3.63, 3.8) is 0 Å². The lowest BCUT2D eigenvalue weighted by Gasteiger charge is -2.25. The van der Waals surface area contributed by atoms with Crippen LogP contribution < -0.4 is 37.4 Å². The maximum absolute atomic E-state index is 13.9. The normalized spacial score (nSPS) is 13.1. The van der Waals surface area contributed by atoms with Crippen LogP contribution in [-0.4, -0.2) is 35.3 Å². The van der Waals surface area contributed by atoms with E-state index in [9.17, 15) is 9.59 Å². The van der Waals surface area contributed by atoms with E-state index in [0.29, 0.717) is 36.6 Å². The Kier molecular flexibility index (Phi) is 8.13. The predicted octanol–water partition coefficient (Wildman–Crippen LogP) is 2.31. The van der Waals surface area contributed by atoms with Crippen LogP contribution in [0.4, 0.5) is 5.69 Å². The first-order valence-corrected chi connectivity index (χ1v) is 12.9. The number of ether oxygens (including phenoxy) is 2. The van der Waals surface area contributed by atoms with Gasteiger partial charge in [-0.05, 0) is 62.9 Å². The van der Waals surface area contributed by atoms with Crippen molar-refractivity contribution in [1.29, 1.82) is 0 Å². The van der Waals surface area contributed by atoms with E-state index in [1.807, 2.05) is 45.9 Å². The number of nitrogens with zero attached hydrogens (tertiary/aromatic N) is 3. The minimum Gasteiger partial charge on any atom is -0.493 e. The van der Waals surface area contributed by atoms with E-state index in [0.717, 1.165) is 45.4 Å². The summed E-state index contributed by atoms with van der Waals surface area (Å²) >= 11 is 0. The molecule has 2 aromatic carbocycles. The Hall–Kier alpha value is -4.47. The molecule has 0 saturated carbocycles. The van der Waals surface area contributed by atoms with Gasteiger partial charge in [-0.1, -0.05) is 17.7 Å². The van der Waals surface area contributed by atoms with Crippen molar-refractivity contribution in [3.05, 3.63) is 80.5 Å². The fourth-order valence-electron chi connectivity index (χ4n) is 5.00. The maximum atomic E-state index is 13.9. The van der Waals surface area contributed by atoms with Crippen LogP contribution in [0.25, 0.3) is 11.3 Å². The Morgan fingerprint density at radius 3 is 2.49 bits per heavy atom. The highest BCUT2D eigenvalue weighted by atomic mass is 16.5. The molecule has 0 bridgehead atoms. The molecule has 1 aliphatic heterocycles. The number of rotatable bonds is 8. The number of fused-ring (bicyclic) bond motifs is 3. The summed E-state index contributed by atoms with van der Waals surface area (Å²) in [5, 5.41) is 2.71. The molecule has 10 heteroatoms. The van der Waals surface area contributed by atoms with E-state index >= 15 is 0 Å². The smallest absolute Gasteiger partial charge is 0.330 e. The van der Waals surface area contributed by atoms with E-state index in [4.69, 9.17) is 25.9 Å². The molecule has 1 amide bonds. The summed E-state index contributed by atoms with van der Waals surface area (Å²) in [6, 6.07) is 9.97. The third kappa shape index (κ3) is 5.55. The summed E-state index contributed by atoms with van der Waals surface area (Å²) in [6.07, 6.45) is 1.70. The Balaban J connectivity index is 1.91. The lowest BCUT2D eigenvalue weighted by Crippen LogP contribution is -2.44. The number of carbonyl (C=O) groups is 1. The summed E-state index contributed by atoms with van der Waals surface area (Å²) in [5.41, 5.74) is 17.8. The minimum atomic E-state index is -0.494. The number of amides is 1. The number of nitrogens with one attached hydrogen (secondary N) is 1. The van der Waals surface area contributed by atoms with Crippen molar-refractivity contribution >= 4 is 11.6 Å². The second kappa shape index (κ2) is 11.5. The van der Waals surface area contributed by atoms with Gasteiger partial charge in [0.2, 0.25) is 0 Å². The molecule has 0 radical (unpaired) electrons. The lowest BCUT2D eigenvalue weighted by molar-refractivity contribution is -0.117. The SMILES string of the molecule is CCOc1cc2c(cc1OC)-c1c/c(=N\c3c(C)cc(C)cc3C)n(CCNC(=O)/C(N)=C/N)c(=O)n1CC2. The zero-order valence-electron chi connectivity index (χ0n) is 23.1. The fourth-order valence-corrected chi connectivity index (χ4v) is 5.00. The number of methoxy groups -OCH3 is 1. The van der Waals surface area contributed by atoms with Crippen molar-refractivity contribution in [2.75, 3.05) is 20.3 Å². The molecule has 1 aliphatic rings. The number of hydrogen-bond donors (Lipinski definition) is 3. The molecule has 0 aliphatic carbocycles. The summed E-state index contributed by atoms with van der Waals surface area (Å²) < 4.78 is 14.7. The molecule has 0 saturated heterocycles. The first kappa shape index (κ1) is 27.6. The van der Waals surface area contributed by atoms with Gasteiger partial charge in [0.25, 0.3) is 5.91 Å². The zero-order valence-corrected chi connectivity index (χ0v) is 23.1. The summed E-state index contributed by atoms with van der Waals surface area (Å²) in [4.78, 5) is 31.0. The van der Waals surface area contributed by atoms with Gasteiger partial charge in [0, 0.05) is 37.5 Å². The molecule has 0 unspecified atom stereocenters. The van der Waals surface area contributed by atoms with Crippen LogP contribution in [0.3, 0.4) is 0 Å². The molecule has 5 N–H and O–H groups in total. The minimum absolute atomic E-state index is 0.0880. The van der Waals surface area contributed by atoms with Crippen molar-refractivity contribution < 1.29 is 14.3 Å². The van der Waals surface area contributed by atoms with Gasteiger partial charge >= 0.3 is 5.69 Å². The number of benzene rings is 2.